The fourth-order valence-corrected chi connectivity index (χ4v) is 2.34. The highest BCUT2D eigenvalue weighted by Crippen LogP contribution is 2.28. The van der Waals surface area contributed by atoms with Crippen LogP contribution in [-0.4, -0.2) is 20.9 Å². The van der Waals surface area contributed by atoms with Gasteiger partial charge in [0, 0.05) is 6.04 Å². The monoisotopic (exact) mass is 300 g/mol. The van der Waals surface area contributed by atoms with Gasteiger partial charge in [-0.2, -0.15) is 4.98 Å². The first kappa shape index (κ1) is 16.6. The van der Waals surface area contributed by atoms with Gasteiger partial charge in [-0.05, 0) is 31.4 Å². The number of unbranched alkanes of at least 4 members (excludes halogenated alkanes) is 1. The van der Waals surface area contributed by atoms with Crippen LogP contribution in [0.25, 0.3) is 0 Å². The predicted octanol–water partition coefficient (Wildman–Crippen LogP) is 4.12. The smallest absolute Gasteiger partial charge is 0.332 e. The molecule has 112 valence electrons. The first-order chi connectivity index (χ1) is 9.49. The van der Waals surface area contributed by atoms with Crippen molar-refractivity contribution < 1.29 is 4.92 Å². The summed E-state index contributed by atoms with van der Waals surface area (Å²) in [5, 5.41) is 14.3. The lowest BCUT2D eigenvalue weighted by molar-refractivity contribution is -0.385. The van der Waals surface area contributed by atoms with Crippen LogP contribution in [0, 0.1) is 17.0 Å². The Kier molecular flexibility index (Phi) is 6.64. The molecule has 6 nitrogen and oxygen atoms in total. The standard InChI is InChI=1S/C13H21ClN4O2/c1-4-6-8-10(7-5-2)16-12-11(18(19)20)9(3)15-13(14)17-12/h10H,4-8H2,1-3H3,(H,15,16,17). The van der Waals surface area contributed by atoms with Crippen LogP contribution in [0.1, 0.15) is 51.6 Å². The minimum Gasteiger partial charge on any atom is -0.361 e. The van der Waals surface area contributed by atoms with E-state index >= 15 is 0 Å². The van der Waals surface area contributed by atoms with Crippen LogP contribution in [0.15, 0.2) is 0 Å². The summed E-state index contributed by atoms with van der Waals surface area (Å²) < 4.78 is 0. The van der Waals surface area contributed by atoms with Crippen LogP contribution in [0.4, 0.5) is 11.5 Å². The summed E-state index contributed by atoms with van der Waals surface area (Å²) >= 11 is 5.81. The minimum absolute atomic E-state index is 0.0290. The van der Waals surface area contributed by atoms with Crippen molar-refractivity contribution in [2.24, 2.45) is 0 Å². The number of nitrogens with zero attached hydrogens (tertiary/aromatic N) is 3. The molecule has 0 spiro atoms. The van der Waals surface area contributed by atoms with E-state index in [2.05, 4.69) is 29.1 Å². The van der Waals surface area contributed by atoms with E-state index in [0.717, 1.165) is 32.1 Å². The second-order valence-electron chi connectivity index (χ2n) is 4.80. The highest BCUT2D eigenvalue weighted by molar-refractivity contribution is 6.28. The first-order valence-corrected chi connectivity index (χ1v) is 7.32. The van der Waals surface area contributed by atoms with Crippen molar-refractivity contribution in [2.45, 2.75) is 58.9 Å². The molecule has 0 saturated heterocycles. The molecular formula is C13H21ClN4O2. The largest absolute Gasteiger partial charge is 0.361 e. The van der Waals surface area contributed by atoms with E-state index in [0.29, 0.717) is 0 Å². The van der Waals surface area contributed by atoms with E-state index in [4.69, 9.17) is 11.6 Å². The van der Waals surface area contributed by atoms with Gasteiger partial charge < -0.3 is 5.32 Å². The van der Waals surface area contributed by atoms with E-state index in [1.165, 1.54) is 0 Å². The number of aryl methyl sites for hydroxylation is 1. The van der Waals surface area contributed by atoms with Crippen LogP contribution < -0.4 is 5.32 Å². The second-order valence-corrected chi connectivity index (χ2v) is 5.14. The molecule has 0 bridgehead atoms. The van der Waals surface area contributed by atoms with Crippen molar-refractivity contribution in [2.75, 3.05) is 5.32 Å². The maximum Gasteiger partial charge on any atom is 0.332 e. The molecule has 7 heteroatoms. The lowest BCUT2D eigenvalue weighted by Gasteiger charge is -2.18. The summed E-state index contributed by atoms with van der Waals surface area (Å²) in [6.07, 6.45) is 5.07. The van der Waals surface area contributed by atoms with Crippen molar-refractivity contribution >= 4 is 23.1 Å². The summed E-state index contributed by atoms with van der Waals surface area (Å²) in [5.74, 6) is 0.224. The third-order valence-electron chi connectivity index (χ3n) is 3.10. The second kappa shape index (κ2) is 7.99. The zero-order valence-corrected chi connectivity index (χ0v) is 12.9. The van der Waals surface area contributed by atoms with Gasteiger partial charge in [0.05, 0.1) is 4.92 Å². The van der Waals surface area contributed by atoms with Crippen LogP contribution >= 0.6 is 11.6 Å². The van der Waals surface area contributed by atoms with Crippen LogP contribution in [-0.2, 0) is 0 Å². The molecule has 0 radical (unpaired) electrons. The highest BCUT2D eigenvalue weighted by atomic mass is 35.5. The zero-order valence-electron chi connectivity index (χ0n) is 12.1. The molecule has 0 saturated carbocycles. The number of rotatable bonds is 8. The Bertz CT molecular complexity index is 468. The van der Waals surface area contributed by atoms with Gasteiger partial charge in [-0.15, -0.1) is 0 Å². The summed E-state index contributed by atoms with van der Waals surface area (Å²) in [6, 6.07) is 0.170. The Morgan fingerprint density at radius 1 is 1.30 bits per heavy atom. The first-order valence-electron chi connectivity index (χ1n) is 6.94. The van der Waals surface area contributed by atoms with E-state index in [9.17, 15) is 10.1 Å². The third-order valence-corrected chi connectivity index (χ3v) is 3.27. The Balaban J connectivity index is 3.01. The van der Waals surface area contributed by atoms with Crippen molar-refractivity contribution in [3.05, 3.63) is 21.1 Å². The summed E-state index contributed by atoms with van der Waals surface area (Å²) in [6.45, 7) is 5.78. The molecule has 1 aromatic heterocycles. The molecule has 20 heavy (non-hydrogen) atoms. The van der Waals surface area contributed by atoms with E-state index in [1.54, 1.807) is 6.92 Å². The van der Waals surface area contributed by atoms with Crippen molar-refractivity contribution in [3.8, 4) is 0 Å². The van der Waals surface area contributed by atoms with Gasteiger partial charge in [-0.3, -0.25) is 10.1 Å². The van der Waals surface area contributed by atoms with Gasteiger partial charge in [-0.1, -0.05) is 33.1 Å². The lowest BCUT2D eigenvalue weighted by Crippen LogP contribution is -2.21. The number of nitrogens with one attached hydrogen (secondary N) is 1. The Morgan fingerprint density at radius 3 is 2.55 bits per heavy atom. The number of anilines is 1. The lowest BCUT2D eigenvalue weighted by atomic mass is 10.1. The molecule has 0 fully saturated rings. The van der Waals surface area contributed by atoms with Crippen molar-refractivity contribution in [1.82, 2.24) is 9.97 Å². The fraction of sp³-hybridized carbons (Fsp3) is 0.692. The molecule has 1 rings (SSSR count). The summed E-state index contributed by atoms with van der Waals surface area (Å²) in [5.41, 5.74) is 0.190. The Morgan fingerprint density at radius 2 is 2.00 bits per heavy atom. The van der Waals surface area contributed by atoms with E-state index in [1.807, 2.05) is 0 Å². The molecule has 0 aliphatic carbocycles. The van der Waals surface area contributed by atoms with Gasteiger partial charge in [0.1, 0.15) is 5.69 Å². The molecular weight excluding hydrogens is 280 g/mol. The number of aromatic nitrogens is 2. The molecule has 1 N–H and O–H groups in total. The normalized spacial score (nSPS) is 12.2. The number of halogens is 1. The maximum absolute atomic E-state index is 11.1. The molecule has 0 aliphatic heterocycles. The van der Waals surface area contributed by atoms with Crippen molar-refractivity contribution in [1.29, 1.82) is 0 Å². The average Bonchev–Trinajstić information content (AvgIpc) is 2.34. The number of hydrogen-bond donors (Lipinski definition) is 1. The topological polar surface area (TPSA) is 81.0 Å². The number of nitro groups is 1. The van der Waals surface area contributed by atoms with Gasteiger partial charge >= 0.3 is 5.69 Å². The quantitative estimate of drug-likeness (QED) is 0.444. The fourth-order valence-electron chi connectivity index (χ4n) is 2.13. The van der Waals surface area contributed by atoms with Gasteiger partial charge in [-0.25, -0.2) is 4.98 Å². The molecule has 1 unspecified atom stereocenters. The van der Waals surface area contributed by atoms with Crippen LogP contribution in [0.3, 0.4) is 0 Å². The van der Waals surface area contributed by atoms with Crippen LogP contribution in [0.5, 0.6) is 0 Å². The molecule has 1 aromatic rings. The summed E-state index contributed by atoms with van der Waals surface area (Å²) in [7, 11) is 0. The summed E-state index contributed by atoms with van der Waals surface area (Å²) in [4.78, 5) is 18.5. The third kappa shape index (κ3) is 4.59. The van der Waals surface area contributed by atoms with E-state index < -0.39 is 4.92 Å². The number of hydrogen-bond acceptors (Lipinski definition) is 5. The minimum atomic E-state index is -0.461. The van der Waals surface area contributed by atoms with E-state index in [-0.39, 0.29) is 28.5 Å². The molecule has 0 aromatic carbocycles. The zero-order chi connectivity index (χ0) is 15.1. The SMILES string of the molecule is CCCCC(CCC)Nc1nc(Cl)nc(C)c1[N+](=O)[O-]. The Labute approximate surface area is 124 Å². The maximum atomic E-state index is 11.1. The highest BCUT2D eigenvalue weighted by Gasteiger charge is 2.23. The van der Waals surface area contributed by atoms with Gasteiger partial charge in [0.2, 0.25) is 11.1 Å². The van der Waals surface area contributed by atoms with Crippen molar-refractivity contribution in [3.63, 3.8) is 0 Å². The molecule has 0 amide bonds. The molecule has 0 aliphatic rings. The van der Waals surface area contributed by atoms with Gasteiger partial charge in [0.15, 0.2) is 0 Å². The predicted molar refractivity (Wildman–Crippen MR) is 80.3 cm³/mol. The average molecular weight is 301 g/mol. The van der Waals surface area contributed by atoms with Gasteiger partial charge in [0.25, 0.3) is 0 Å². The van der Waals surface area contributed by atoms with Crippen LogP contribution in [0.2, 0.25) is 5.28 Å². The Hall–Kier alpha value is -1.43. The molecule has 1 atom stereocenters. The molecule has 1 heterocycles.